The normalized spacial score (nSPS) is 12.9. The number of nitrogens with zero attached hydrogens (tertiary/aromatic N) is 2. The molecule has 36 heavy (non-hydrogen) atoms. The molecule has 0 fully saturated rings. The van der Waals surface area contributed by atoms with E-state index < -0.39 is 0 Å². The molecule has 1 aliphatic rings. The zero-order valence-electron chi connectivity index (χ0n) is 20.8. The van der Waals surface area contributed by atoms with Crippen molar-refractivity contribution < 1.29 is 4.57 Å². The van der Waals surface area contributed by atoms with Crippen LogP contribution in [-0.4, -0.2) is 4.57 Å². The van der Waals surface area contributed by atoms with Crippen LogP contribution in [-0.2, 0) is 19.9 Å². The summed E-state index contributed by atoms with van der Waals surface area (Å²) in [6, 6.07) is 36.4. The van der Waals surface area contributed by atoms with Crippen molar-refractivity contribution in [2.45, 2.75) is 26.2 Å². The van der Waals surface area contributed by atoms with Crippen molar-refractivity contribution in [1.82, 2.24) is 4.57 Å². The van der Waals surface area contributed by atoms with Gasteiger partial charge >= 0.3 is 0 Å². The summed E-state index contributed by atoms with van der Waals surface area (Å²) in [6.45, 7) is 2.24. The standard InChI is InChI=1S/C34H29N2/c1-23-18-31-29-14-3-4-15-32(29)36-28-13-7-11-25(20-28)9-5-8-24-10-6-12-26(19-24)27-16-17-35(2)33(21-27)30(23)22-34(31)36/h3-4,6-7,10-22H,5,8-9H2,1-2H3/q+1. The summed E-state index contributed by atoms with van der Waals surface area (Å²) in [5.41, 5.74) is 12.9. The molecule has 2 heteroatoms. The Kier molecular flexibility index (Phi) is 4.82. The monoisotopic (exact) mass is 465 g/mol. The van der Waals surface area contributed by atoms with Crippen molar-refractivity contribution in [1.29, 1.82) is 0 Å². The maximum Gasteiger partial charge on any atom is 0.213 e. The van der Waals surface area contributed by atoms with E-state index in [0.29, 0.717) is 0 Å². The average Bonchev–Trinajstić information content (AvgIpc) is 3.22. The van der Waals surface area contributed by atoms with E-state index in [1.165, 1.54) is 66.6 Å². The second kappa shape index (κ2) is 8.20. The topological polar surface area (TPSA) is 8.81 Å². The van der Waals surface area contributed by atoms with Gasteiger partial charge in [0.1, 0.15) is 7.05 Å². The summed E-state index contributed by atoms with van der Waals surface area (Å²) < 4.78 is 4.70. The lowest BCUT2D eigenvalue weighted by molar-refractivity contribution is -0.660. The van der Waals surface area contributed by atoms with Crippen molar-refractivity contribution in [2.75, 3.05) is 0 Å². The van der Waals surface area contributed by atoms with Gasteiger partial charge in [0.15, 0.2) is 6.20 Å². The van der Waals surface area contributed by atoms with E-state index in [2.05, 4.69) is 126 Å². The van der Waals surface area contributed by atoms with Crippen LogP contribution in [0.4, 0.5) is 0 Å². The Balaban J connectivity index is 1.59. The summed E-state index contributed by atoms with van der Waals surface area (Å²) in [5.74, 6) is 0. The van der Waals surface area contributed by atoms with E-state index in [-0.39, 0.29) is 0 Å². The molecule has 8 bridgehead atoms. The molecule has 3 heterocycles. The zero-order chi connectivity index (χ0) is 24.2. The molecule has 0 unspecified atom stereocenters. The van der Waals surface area contributed by atoms with Crippen LogP contribution in [0.25, 0.3) is 49.9 Å². The molecule has 174 valence electrons. The van der Waals surface area contributed by atoms with Crippen LogP contribution in [0.2, 0.25) is 0 Å². The fourth-order valence-corrected chi connectivity index (χ4v) is 5.95. The second-order valence-corrected chi connectivity index (χ2v) is 10.2. The average molecular weight is 466 g/mol. The summed E-state index contributed by atoms with van der Waals surface area (Å²) in [4.78, 5) is 0. The highest BCUT2D eigenvalue weighted by Gasteiger charge is 2.20. The molecule has 4 aromatic carbocycles. The third kappa shape index (κ3) is 3.37. The van der Waals surface area contributed by atoms with Crippen molar-refractivity contribution in [3.05, 3.63) is 120 Å². The Morgan fingerprint density at radius 2 is 1.44 bits per heavy atom. The van der Waals surface area contributed by atoms with E-state index >= 15 is 0 Å². The fraction of sp³-hybridized carbons (Fsp3) is 0.147. The van der Waals surface area contributed by atoms with Crippen LogP contribution in [0, 0.1) is 6.92 Å². The summed E-state index contributed by atoms with van der Waals surface area (Å²) in [6.07, 6.45) is 5.49. The van der Waals surface area contributed by atoms with Crippen molar-refractivity contribution in [3.8, 4) is 28.1 Å². The Hall–Kier alpha value is -4.17. The van der Waals surface area contributed by atoms with Gasteiger partial charge in [0.25, 0.3) is 0 Å². The first-order valence-electron chi connectivity index (χ1n) is 12.9. The SMILES string of the molecule is Cc1cc2c3ccccc3n3c2cc1-c1cc(cc[n+]1C)-c1cccc(c1)CCCc1cccc-3c1. The number of para-hydroxylation sites is 1. The number of benzene rings is 4. The number of fused-ring (bicyclic) bond motifs is 13. The largest absolute Gasteiger partial charge is 0.309 e. The van der Waals surface area contributed by atoms with E-state index in [1.54, 1.807) is 0 Å². The van der Waals surface area contributed by atoms with Gasteiger partial charge in [0, 0.05) is 28.6 Å². The number of hydrogen-bond acceptors (Lipinski definition) is 0. The minimum absolute atomic E-state index is 1.07. The van der Waals surface area contributed by atoms with E-state index in [1.807, 2.05) is 0 Å². The zero-order valence-corrected chi connectivity index (χ0v) is 20.8. The van der Waals surface area contributed by atoms with Gasteiger partial charge in [-0.1, -0.05) is 54.6 Å². The van der Waals surface area contributed by atoms with E-state index in [0.717, 1.165) is 19.3 Å². The van der Waals surface area contributed by atoms with Gasteiger partial charge in [0.05, 0.1) is 16.6 Å². The first-order valence-corrected chi connectivity index (χ1v) is 12.9. The van der Waals surface area contributed by atoms with Crippen LogP contribution in [0.5, 0.6) is 0 Å². The van der Waals surface area contributed by atoms with Gasteiger partial charge in [-0.2, -0.15) is 0 Å². The molecule has 0 amide bonds. The summed E-state index contributed by atoms with van der Waals surface area (Å²) >= 11 is 0. The van der Waals surface area contributed by atoms with Crippen molar-refractivity contribution >= 4 is 21.8 Å². The van der Waals surface area contributed by atoms with E-state index in [9.17, 15) is 0 Å². The molecular weight excluding hydrogens is 436 g/mol. The molecule has 2 nitrogen and oxygen atoms in total. The maximum atomic E-state index is 2.45. The predicted molar refractivity (Wildman–Crippen MR) is 150 cm³/mol. The van der Waals surface area contributed by atoms with Crippen molar-refractivity contribution in [2.24, 2.45) is 7.05 Å². The lowest BCUT2D eigenvalue weighted by Gasteiger charge is -2.13. The summed E-state index contributed by atoms with van der Waals surface area (Å²) in [5, 5.41) is 2.62. The molecular formula is C34H29N2+. The number of rotatable bonds is 0. The van der Waals surface area contributed by atoms with Crippen LogP contribution >= 0.6 is 0 Å². The molecule has 1 aliphatic heterocycles. The molecule has 6 aromatic rings. The number of hydrogen-bond donors (Lipinski definition) is 0. The first-order chi connectivity index (χ1) is 17.7. The molecule has 0 aliphatic carbocycles. The molecule has 0 N–H and O–H groups in total. The highest BCUT2D eigenvalue weighted by Crippen LogP contribution is 2.37. The highest BCUT2D eigenvalue weighted by molar-refractivity contribution is 6.10. The van der Waals surface area contributed by atoms with Gasteiger partial charge < -0.3 is 4.57 Å². The molecule has 7 rings (SSSR count). The Labute approximate surface area is 212 Å². The van der Waals surface area contributed by atoms with Gasteiger partial charge in [0.2, 0.25) is 5.69 Å². The highest BCUT2D eigenvalue weighted by atomic mass is 15.0. The summed E-state index contributed by atoms with van der Waals surface area (Å²) in [7, 11) is 2.15. The number of aryl methyl sites for hydroxylation is 4. The van der Waals surface area contributed by atoms with Crippen LogP contribution in [0.15, 0.2) is 103 Å². The van der Waals surface area contributed by atoms with Gasteiger partial charge in [-0.05, 0) is 84.3 Å². The van der Waals surface area contributed by atoms with Crippen LogP contribution in [0.3, 0.4) is 0 Å². The Morgan fingerprint density at radius 1 is 0.667 bits per heavy atom. The third-order valence-electron chi connectivity index (χ3n) is 7.80. The Bertz CT molecular complexity index is 1790. The molecule has 2 aromatic heterocycles. The minimum Gasteiger partial charge on any atom is -0.309 e. The van der Waals surface area contributed by atoms with Gasteiger partial charge in [-0.25, -0.2) is 4.57 Å². The smallest absolute Gasteiger partial charge is 0.213 e. The quantitative estimate of drug-likeness (QED) is 0.203. The molecule has 0 saturated carbocycles. The maximum absolute atomic E-state index is 2.45. The lowest BCUT2D eigenvalue weighted by Crippen LogP contribution is -2.30. The Morgan fingerprint density at radius 3 is 2.33 bits per heavy atom. The molecule has 0 radical (unpaired) electrons. The lowest BCUT2D eigenvalue weighted by atomic mass is 9.96. The first kappa shape index (κ1) is 21.1. The van der Waals surface area contributed by atoms with E-state index in [4.69, 9.17) is 0 Å². The van der Waals surface area contributed by atoms with Gasteiger partial charge in [-0.15, -0.1) is 0 Å². The molecule has 0 atom stereocenters. The fourth-order valence-electron chi connectivity index (χ4n) is 5.95. The predicted octanol–water partition coefficient (Wildman–Crippen LogP) is 7.74. The van der Waals surface area contributed by atoms with Crippen molar-refractivity contribution in [3.63, 3.8) is 0 Å². The van der Waals surface area contributed by atoms with Crippen LogP contribution < -0.4 is 4.57 Å². The second-order valence-electron chi connectivity index (χ2n) is 10.2. The minimum atomic E-state index is 1.07. The third-order valence-corrected chi connectivity index (χ3v) is 7.80. The molecule has 0 saturated heterocycles. The number of pyridine rings is 1. The van der Waals surface area contributed by atoms with Gasteiger partial charge in [-0.3, -0.25) is 0 Å². The number of aromatic nitrogens is 2. The molecule has 0 spiro atoms. The van der Waals surface area contributed by atoms with Crippen LogP contribution in [0.1, 0.15) is 23.1 Å².